The van der Waals surface area contributed by atoms with E-state index in [1.807, 2.05) is 0 Å². The molecular weight excluding hydrogens is 300 g/mol. The van der Waals surface area contributed by atoms with E-state index in [-0.39, 0.29) is 11.5 Å². The first-order valence-electron chi connectivity index (χ1n) is 6.73. The van der Waals surface area contributed by atoms with Crippen LogP contribution in [0.15, 0.2) is 35.4 Å². The van der Waals surface area contributed by atoms with Crippen LogP contribution < -0.4 is 20.9 Å². The minimum Gasteiger partial charge on any atom is -0.497 e. The van der Waals surface area contributed by atoms with Crippen molar-refractivity contribution in [3.63, 3.8) is 0 Å². The Morgan fingerprint density at radius 3 is 2.96 bits per heavy atom. The second kappa shape index (κ2) is 5.79. The van der Waals surface area contributed by atoms with Crippen molar-refractivity contribution in [2.24, 2.45) is 0 Å². The lowest BCUT2D eigenvalue weighted by molar-refractivity contribution is 0.262. The SMILES string of the molecule is COc1cccc(NC(=O)Nc2c(C)nc3nc[nH]n3c2=O)c1. The smallest absolute Gasteiger partial charge is 0.323 e. The van der Waals surface area contributed by atoms with Crippen LogP contribution in [0.1, 0.15) is 5.69 Å². The number of rotatable bonds is 3. The lowest BCUT2D eigenvalue weighted by atomic mass is 10.3. The van der Waals surface area contributed by atoms with Crippen LogP contribution in [0.4, 0.5) is 16.2 Å². The van der Waals surface area contributed by atoms with E-state index in [0.29, 0.717) is 17.1 Å². The third kappa shape index (κ3) is 2.84. The molecule has 9 heteroatoms. The number of H-pyrrole nitrogens is 1. The van der Waals surface area contributed by atoms with Crippen LogP contribution in [0.5, 0.6) is 5.75 Å². The van der Waals surface area contributed by atoms with Crippen LogP contribution in [-0.2, 0) is 0 Å². The van der Waals surface area contributed by atoms with E-state index in [1.54, 1.807) is 31.2 Å². The Labute approximate surface area is 130 Å². The number of hydrogen-bond donors (Lipinski definition) is 3. The van der Waals surface area contributed by atoms with E-state index in [9.17, 15) is 9.59 Å². The zero-order valence-corrected chi connectivity index (χ0v) is 12.5. The van der Waals surface area contributed by atoms with Crippen LogP contribution >= 0.6 is 0 Å². The van der Waals surface area contributed by atoms with Crippen LogP contribution in [0.3, 0.4) is 0 Å². The van der Waals surface area contributed by atoms with Gasteiger partial charge in [-0.2, -0.15) is 4.52 Å². The zero-order valence-electron chi connectivity index (χ0n) is 12.5. The molecule has 0 fully saturated rings. The average molecular weight is 314 g/mol. The molecule has 0 saturated carbocycles. The van der Waals surface area contributed by atoms with Crippen molar-refractivity contribution >= 4 is 23.2 Å². The normalized spacial score (nSPS) is 10.5. The van der Waals surface area contributed by atoms with Gasteiger partial charge in [0.2, 0.25) is 0 Å². The number of aryl methyl sites for hydroxylation is 1. The number of benzene rings is 1. The molecule has 3 N–H and O–H groups in total. The largest absolute Gasteiger partial charge is 0.497 e. The van der Waals surface area contributed by atoms with Crippen molar-refractivity contribution < 1.29 is 9.53 Å². The van der Waals surface area contributed by atoms with Crippen LogP contribution in [0.2, 0.25) is 0 Å². The minimum atomic E-state index is -0.556. The molecule has 0 radical (unpaired) electrons. The van der Waals surface area contributed by atoms with Gasteiger partial charge in [-0.25, -0.2) is 14.8 Å². The molecule has 1 aromatic carbocycles. The summed E-state index contributed by atoms with van der Waals surface area (Å²) in [5, 5.41) is 7.78. The number of aromatic amines is 1. The zero-order chi connectivity index (χ0) is 16.4. The minimum absolute atomic E-state index is 0.0761. The number of fused-ring (bicyclic) bond motifs is 1. The van der Waals surface area contributed by atoms with Gasteiger partial charge in [-0.3, -0.25) is 9.89 Å². The predicted octanol–water partition coefficient (Wildman–Crippen LogP) is 1.38. The van der Waals surface area contributed by atoms with Gasteiger partial charge in [0.15, 0.2) is 0 Å². The highest BCUT2D eigenvalue weighted by molar-refractivity contribution is 6.00. The number of nitrogens with zero attached hydrogens (tertiary/aromatic N) is 3. The van der Waals surface area contributed by atoms with E-state index >= 15 is 0 Å². The average Bonchev–Trinajstić information content (AvgIpc) is 3.00. The molecule has 0 aliphatic heterocycles. The number of amides is 2. The Hall–Kier alpha value is -3.36. The Morgan fingerprint density at radius 1 is 1.35 bits per heavy atom. The lowest BCUT2D eigenvalue weighted by Crippen LogP contribution is -2.28. The standard InChI is InChI=1S/C14H14N6O3/c1-8-11(12(21)20-13(17-8)15-7-16-20)19-14(22)18-9-4-3-5-10(6-9)23-2/h3-7H,1-2H3,(H,15,16,17)(H2,18,19,22). The number of methoxy groups -OCH3 is 1. The lowest BCUT2D eigenvalue weighted by Gasteiger charge is -2.09. The maximum atomic E-state index is 12.3. The summed E-state index contributed by atoms with van der Waals surface area (Å²) in [5.74, 6) is 0.853. The highest BCUT2D eigenvalue weighted by Crippen LogP contribution is 2.17. The molecule has 0 unspecified atom stereocenters. The van der Waals surface area contributed by atoms with Gasteiger partial charge in [-0.1, -0.05) is 6.07 Å². The summed E-state index contributed by atoms with van der Waals surface area (Å²) >= 11 is 0. The number of carbonyl (C=O) groups excluding carboxylic acids is 1. The molecule has 118 valence electrons. The van der Waals surface area contributed by atoms with Gasteiger partial charge in [-0.15, -0.1) is 0 Å². The Kier molecular flexibility index (Phi) is 3.67. The van der Waals surface area contributed by atoms with Crippen LogP contribution in [0, 0.1) is 6.92 Å². The summed E-state index contributed by atoms with van der Waals surface area (Å²) in [5.41, 5.74) is 0.552. The van der Waals surface area contributed by atoms with Crippen LogP contribution in [0.25, 0.3) is 5.78 Å². The van der Waals surface area contributed by atoms with Crippen molar-refractivity contribution in [1.29, 1.82) is 0 Å². The Morgan fingerprint density at radius 2 is 2.17 bits per heavy atom. The molecule has 3 aromatic rings. The molecular formula is C14H14N6O3. The van der Waals surface area contributed by atoms with Crippen molar-refractivity contribution in [1.82, 2.24) is 19.6 Å². The van der Waals surface area contributed by atoms with Gasteiger partial charge in [0, 0.05) is 11.8 Å². The van der Waals surface area contributed by atoms with Gasteiger partial charge < -0.3 is 15.4 Å². The summed E-state index contributed by atoms with van der Waals surface area (Å²) in [6, 6.07) is 6.32. The molecule has 0 atom stereocenters. The molecule has 23 heavy (non-hydrogen) atoms. The first-order valence-corrected chi connectivity index (χ1v) is 6.73. The highest BCUT2D eigenvalue weighted by Gasteiger charge is 2.14. The molecule has 0 saturated heterocycles. The number of ether oxygens (including phenoxy) is 1. The molecule has 0 spiro atoms. The van der Waals surface area contributed by atoms with E-state index in [0.717, 1.165) is 4.52 Å². The predicted molar refractivity (Wildman–Crippen MR) is 84.0 cm³/mol. The van der Waals surface area contributed by atoms with Crippen LogP contribution in [-0.4, -0.2) is 32.7 Å². The van der Waals surface area contributed by atoms with Crippen molar-refractivity contribution in [2.45, 2.75) is 6.92 Å². The molecule has 2 heterocycles. The second-order valence-corrected chi connectivity index (χ2v) is 4.71. The monoisotopic (exact) mass is 314 g/mol. The molecule has 2 aromatic heterocycles. The fourth-order valence-corrected chi connectivity index (χ4v) is 2.08. The second-order valence-electron chi connectivity index (χ2n) is 4.71. The maximum absolute atomic E-state index is 12.3. The topological polar surface area (TPSA) is 113 Å². The summed E-state index contributed by atoms with van der Waals surface area (Å²) in [4.78, 5) is 32.4. The van der Waals surface area contributed by atoms with Gasteiger partial charge in [0.05, 0.1) is 12.8 Å². The number of nitrogens with one attached hydrogen (secondary N) is 3. The summed E-state index contributed by atoms with van der Waals surface area (Å²) < 4.78 is 6.23. The molecule has 0 bridgehead atoms. The summed E-state index contributed by atoms with van der Waals surface area (Å²) in [7, 11) is 1.54. The fourth-order valence-electron chi connectivity index (χ4n) is 2.08. The summed E-state index contributed by atoms with van der Waals surface area (Å²) in [6.07, 6.45) is 1.35. The Bertz CT molecular complexity index is 930. The van der Waals surface area contributed by atoms with Gasteiger partial charge in [0.1, 0.15) is 17.8 Å². The van der Waals surface area contributed by atoms with E-state index in [2.05, 4.69) is 25.7 Å². The number of anilines is 2. The Balaban J connectivity index is 1.84. The van der Waals surface area contributed by atoms with Crippen molar-refractivity contribution in [3.05, 3.63) is 46.6 Å². The third-order valence-electron chi connectivity index (χ3n) is 3.18. The maximum Gasteiger partial charge on any atom is 0.323 e. The number of aromatic nitrogens is 4. The van der Waals surface area contributed by atoms with Gasteiger partial charge >= 0.3 is 6.03 Å². The quantitative estimate of drug-likeness (QED) is 0.676. The van der Waals surface area contributed by atoms with Gasteiger partial charge in [0.25, 0.3) is 11.3 Å². The molecule has 0 aliphatic rings. The first kappa shape index (κ1) is 14.6. The van der Waals surface area contributed by atoms with Crippen molar-refractivity contribution in [2.75, 3.05) is 17.7 Å². The third-order valence-corrected chi connectivity index (χ3v) is 3.18. The number of urea groups is 1. The van der Waals surface area contributed by atoms with Gasteiger partial charge in [-0.05, 0) is 19.1 Å². The first-order chi connectivity index (χ1) is 11.1. The van der Waals surface area contributed by atoms with E-state index < -0.39 is 11.6 Å². The molecule has 3 rings (SSSR count). The van der Waals surface area contributed by atoms with E-state index in [1.165, 1.54) is 13.4 Å². The molecule has 9 nitrogen and oxygen atoms in total. The van der Waals surface area contributed by atoms with Crippen molar-refractivity contribution in [3.8, 4) is 5.75 Å². The van der Waals surface area contributed by atoms with E-state index in [4.69, 9.17) is 4.74 Å². The molecule has 2 amide bonds. The number of hydrogen-bond acceptors (Lipinski definition) is 5. The fraction of sp³-hybridized carbons (Fsp3) is 0.143. The number of carbonyl (C=O) groups is 1. The summed E-state index contributed by atoms with van der Waals surface area (Å²) in [6.45, 7) is 1.62. The molecule has 0 aliphatic carbocycles. The highest BCUT2D eigenvalue weighted by atomic mass is 16.5.